The average molecular weight is 403 g/mol. The number of rotatable bonds is 13. The normalized spacial score (nSPS) is 15.6. The van der Waals surface area contributed by atoms with E-state index in [-0.39, 0.29) is 16.8 Å². The van der Waals surface area contributed by atoms with Gasteiger partial charge in [-0.2, -0.15) is 10.5 Å². The van der Waals surface area contributed by atoms with Gasteiger partial charge in [0.15, 0.2) is 5.78 Å². The van der Waals surface area contributed by atoms with E-state index in [1.165, 1.54) is 6.92 Å². The second kappa shape index (κ2) is 13.1. The van der Waals surface area contributed by atoms with Crippen LogP contribution in [0, 0.1) is 28.1 Å². The van der Waals surface area contributed by atoms with Crippen LogP contribution in [0.15, 0.2) is 22.4 Å². The largest absolute Gasteiger partial charge is 0.385 e. The highest BCUT2D eigenvalue weighted by atomic mass is 16.5. The molecule has 0 spiro atoms. The fourth-order valence-electron chi connectivity index (χ4n) is 3.36. The van der Waals surface area contributed by atoms with Gasteiger partial charge in [-0.25, -0.2) is 0 Å². The molecular formula is C22H34N4O3. The molecule has 0 aromatic rings. The summed E-state index contributed by atoms with van der Waals surface area (Å²) in [5.41, 5.74) is 1.71. The molecule has 0 saturated carbocycles. The summed E-state index contributed by atoms with van der Waals surface area (Å²) in [5, 5.41) is 25.2. The van der Waals surface area contributed by atoms with E-state index in [9.17, 15) is 15.3 Å². The van der Waals surface area contributed by atoms with Crippen LogP contribution in [0.25, 0.3) is 0 Å². The lowest BCUT2D eigenvalue weighted by atomic mass is 9.72. The van der Waals surface area contributed by atoms with Gasteiger partial charge in [0.1, 0.15) is 17.7 Å². The zero-order chi connectivity index (χ0) is 21.7. The number of nitriles is 2. The molecule has 0 aliphatic heterocycles. The fraction of sp³-hybridized carbons (Fsp3) is 0.682. The number of hydrogen-bond acceptors (Lipinski definition) is 7. The molecule has 1 aliphatic carbocycles. The standard InChI is InChI=1S/C22H34N4O3/c1-5-9-28-10-6-25-7-11-29-12-8-26-20-14-22(3,4)13-19(18(15-23)16-24)21(20)17(2)27/h25-26H,5-14H2,1-4H3. The van der Waals surface area contributed by atoms with Gasteiger partial charge in [-0.15, -0.1) is 0 Å². The van der Waals surface area contributed by atoms with Crippen LogP contribution in [0.3, 0.4) is 0 Å². The van der Waals surface area contributed by atoms with Crippen molar-refractivity contribution in [3.05, 3.63) is 22.4 Å². The van der Waals surface area contributed by atoms with Gasteiger partial charge in [-0.3, -0.25) is 4.79 Å². The first kappa shape index (κ1) is 24.8. The molecule has 0 bridgehead atoms. The van der Waals surface area contributed by atoms with Gasteiger partial charge in [0.05, 0.1) is 19.8 Å². The SMILES string of the molecule is CCCOCCNCCOCCNC1=C(C(C)=O)C(=C(C#N)C#N)CC(C)(C)C1. The Hall–Kier alpha value is -2.19. The molecule has 0 saturated heterocycles. The van der Waals surface area contributed by atoms with Gasteiger partial charge in [0, 0.05) is 37.5 Å². The summed E-state index contributed by atoms with van der Waals surface area (Å²) in [7, 11) is 0. The van der Waals surface area contributed by atoms with E-state index in [1.54, 1.807) is 0 Å². The minimum atomic E-state index is -0.139. The molecule has 0 amide bonds. The maximum Gasteiger partial charge on any atom is 0.161 e. The van der Waals surface area contributed by atoms with Crippen molar-refractivity contribution in [3.8, 4) is 12.1 Å². The molecule has 0 atom stereocenters. The van der Waals surface area contributed by atoms with E-state index in [2.05, 4.69) is 31.4 Å². The van der Waals surface area contributed by atoms with Crippen molar-refractivity contribution >= 4 is 5.78 Å². The van der Waals surface area contributed by atoms with Crippen molar-refractivity contribution < 1.29 is 14.3 Å². The number of ketones is 1. The number of allylic oxidation sites excluding steroid dienone is 4. The van der Waals surface area contributed by atoms with E-state index in [0.29, 0.717) is 50.4 Å². The molecule has 1 aliphatic rings. The van der Waals surface area contributed by atoms with Crippen molar-refractivity contribution in [1.29, 1.82) is 10.5 Å². The number of carbonyl (C=O) groups is 1. The summed E-state index contributed by atoms with van der Waals surface area (Å²) >= 11 is 0. The van der Waals surface area contributed by atoms with Crippen molar-refractivity contribution in [3.63, 3.8) is 0 Å². The number of nitrogens with one attached hydrogen (secondary N) is 2. The summed E-state index contributed by atoms with van der Waals surface area (Å²) in [6, 6.07) is 3.88. The summed E-state index contributed by atoms with van der Waals surface area (Å²) in [6.45, 7) is 12.4. The van der Waals surface area contributed by atoms with Crippen LogP contribution in [0.4, 0.5) is 0 Å². The molecule has 1 rings (SSSR count). The van der Waals surface area contributed by atoms with Crippen LogP contribution in [0.2, 0.25) is 0 Å². The van der Waals surface area contributed by atoms with Gasteiger partial charge in [0.25, 0.3) is 0 Å². The number of carbonyl (C=O) groups excluding carboxylic acids is 1. The summed E-state index contributed by atoms with van der Waals surface area (Å²) in [4.78, 5) is 12.3. The van der Waals surface area contributed by atoms with E-state index >= 15 is 0 Å². The Morgan fingerprint density at radius 1 is 1.03 bits per heavy atom. The Morgan fingerprint density at radius 3 is 2.17 bits per heavy atom. The lowest BCUT2D eigenvalue weighted by Crippen LogP contribution is -2.32. The Balaban J connectivity index is 2.57. The molecule has 7 heteroatoms. The molecule has 0 heterocycles. The molecule has 0 radical (unpaired) electrons. The lowest BCUT2D eigenvalue weighted by Gasteiger charge is -2.34. The number of nitrogens with zero attached hydrogens (tertiary/aromatic N) is 2. The molecule has 0 aromatic carbocycles. The Bertz CT molecular complexity index is 680. The first-order chi connectivity index (χ1) is 13.9. The maximum atomic E-state index is 12.3. The Labute approximate surface area is 174 Å². The van der Waals surface area contributed by atoms with Crippen LogP contribution >= 0.6 is 0 Å². The van der Waals surface area contributed by atoms with Crippen LogP contribution in [0.1, 0.15) is 47.0 Å². The molecule has 2 N–H and O–H groups in total. The highest BCUT2D eigenvalue weighted by Gasteiger charge is 2.34. The van der Waals surface area contributed by atoms with Crippen LogP contribution in [-0.4, -0.2) is 51.8 Å². The van der Waals surface area contributed by atoms with Crippen molar-refractivity contribution in [2.24, 2.45) is 5.41 Å². The van der Waals surface area contributed by atoms with Gasteiger partial charge < -0.3 is 20.1 Å². The van der Waals surface area contributed by atoms with E-state index in [4.69, 9.17) is 9.47 Å². The maximum absolute atomic E-state index is 12.3. The third-order valence-corrected chi connectivity index (χ3v) is 4.57. The molecule has 0 unspecified atom stereocenters. The van der Waals surface area contributed by atoms with Crippen molar-refractivity contribution in [1.82, 2.24) is 10.6 Å². The zero-order valence-corrected chi connectivity index (χ0v) is 18.2. The summed E-state index contributed by atoms with van der Waals surface area (Å²) in [5.74, 6) is -0.128. The van der Waals surface area contributed by atoms with Crippen LogP contribution in [-0.2, 0) is 14.3 Å². The Morgan fingerprint density at radius 2 is 1.62 bits per heavy atom. The average Bonchev–Trinajstić information content (AvgIpc) is 2.65. The zero-order valence-electron chi connectivity index (χ0n) is 18.2. The minimum absolute atomic E-state index is 0.0208. The smallest absolute Gasteiger partial charge is 0.161 e. The van der Waals surface area contributed by atoms with Gasteiger partial charge >= 0.3 is 0 Å². The van der Waals surface area contributed by atoms with Crippen LogP contribution < -0.4 is 10.6 Å². The predicted molar refractivity (Wildman–Crippen MR) is 112 cm³/mol. The monoisotopic (exact) mass is 402 g/mol. The molecular weight excluding hydrogens is 368 g/mol. The summed E-state index contributed by atoms with van der Waals surface area (Å²) in [6.07, 6.45) is 2.25. The topological polar surface area (TPSA) is 107 Å². The van der Waals surface area contributed by atoms with Crippen molar-refractivity contribution in [2.75, 3.05) is 46.1 Å². The second-order valence-corrected chi connectivity index (χ2v) is 7.91. The highest BCUT2D eigenvalue weighted by molar-refractivity contribution is 5.99. The quantitative estimate of drug-likeness (QED) is 0.360. The Kier molecular flexibility index (Phi) is 11.2. The first-order valence-corrected chi connectivity index (χ1v) is 10.2. The third-order valence-electron chi connectivity index (χ3n) is 4.57. The fourth-order valence-corrected chi connectivity index (χ4v) is 3.36. The van der Waals surface area contributed by atoms with Gasteiger partial charge in [-0.1, -0.05) is 20.8 Å². The molecule has 29 heavy (non-hydrogen) atoms. The van der Waals surface area contributed by atoms with Gasteiger partial charge in [0.2, 0.25) is 0 Å². The lowest BCUT2D eigenvalue weighted by molar-refractivity contribution is -0.113. The second-order valence-electron chi connectivity index (χ2n) is 7.91. The summed E-state index contributed by atoms with van der Waals surface area (Å²) < 4.78 is 11.0. The van der Waals surface area contributed by atoms with Gasteiger partial charge in [-0.05, 0) is 37.2 Å². The predicted octanol–water partition coefficient (Wildman–Crippen LogP) is 2.62. The molecule has 0 fully saturated rings. The molecule has 7 nitrogen and oxygen atoms in total. The van der Waals surface area contributed by atoms with Crippen molar-refractivity contribution in [2.45, 2.75) is 47.0 Å². The third kappa shape index (κ3) is 8.79. The van der Waals surface area contributed by atoms with E-state index < -0.39 is 0 Å². The van der Waals surface area contributed by atoms with E-state index in [0.717, 1.165) is 31.8 Å². The molecule has 160 valence electrons. The minimum Gasteiger partial charge on any atom is -0.385 e. The highest BCUT2D eigenvalue weighted by Crippen LogP contribution is 2.42. The van der Waals surface area contributed by atoms with Crippen LogP contribution in [0.5, 0.6) is 0 Å². The van der Waals surface area contributed by atoms with E-state index in [1.807, 2.05) is 12.1 Å². The number of hydrogen-bond donors (Lipinski definition) is 2. The molecule has 0 aromatic heterocycles. The number of ether oxygens (including phenoxy) is 2. The first-order valence-electron chi connectivity index (χ1n) is 10.2. The number of Topliss-reactive ketones (excluding diaryl/α,β-unsaturated/α-hetero) is 1.